The second kappa shape index (κ2) is 8.76. The lowest BCUT2D eigenvalue weighted by Crippen LogP contribution is -2.41. The summed E-state index contributed by atoms with van der Waals surface area (Å²) in [6, 6.07) is 11.5. The molecule has 2 aromatic heterocycles. The Bertz CT molecular complexity index is 1040. The quantitative estimate of drug-likeness (QED) is 0.483. The lowest BCUT2D eigenvalue weighted by atomic mass is 10.0. The molecule has 29 heavy (non-hydrogen) atoms. The zero-order valence-corrected chi connectivity index (χ0v) is 17.3. The second-order valence-corrected chi connectivity index (χ2v) is 7.18. The van der Waals surface area contributed by atoms with Crippen LogP contribution in [0.3, 0.4) is 0 Å². The van der Waals surface area contributed by atoms with Crippen molar-refractivity contribution in [1.82, 2.24) is 14.3 Å². The number of hydrogen-bond donors (Lipinski definition) is 0. The van der Waals surface area contributed by atoms with Gasteiger partial charge in [0, 0.05) is 43.5 Å². The molecule has 0 amide bonds. The molecule has 0 unspecified atom stereocenters. The number of aromatic nitrogens is 1. The molecule has 0 radical (unpaired) electrons. The summed E-state index contributed by atoms with van der Waals surface area (Å²) < 4.78 is 15.1. The number of ketones is 1. The van der Waals surface area contributed by atoms with Crippen molar-refractivity contribution in [2.45, 2.75) is 6.92 Å². The minimum atomic E-state index is -0.353. The van der Waals surface area contributed by atoms with Crippen molar-refractivity contribution >= 4 is 29.9 Å². The first-order chi connectivity index (χ1) is 13.5. The van der Waals surface area contributed by atoms with Crippen LogP contribution >= 0.6 is 12.4 Å². The number of carbonyl (C=O) groups is 1. The second-order valence-electron chi connectivity index (χ2n) is 7.18. The molecule has 5 nitrogen and oxygen atoms in total. The van der Waals surface area contributed by atoms with Gasteiger partial charge in [-0.1, -0.05) is 6.07 Å². The van der Waals surface area contributed by atoms with E-state index in [0.29, 0.717) is 11.3 Å². The van der Waals surface area contributed by atoms with Gasteiger partial charge in [-0.3, -0.25) is 9.80 Å². The topological polar surface area (TPSA) is 40.3 Å². The number of nitrogens with zero attached hydrogens (tertiary/aromatic N) is 4. The molecular weight excluding hydrogens is 391 g/mol. The Kier molecular flexibility index (Phi) is 6.35. The van der Waals surface area contributed by atoms with Crippen LogP contribution in [0.15, 0.2) is 53.8 Å². The Hall–Kier alpha value is -2.70. The van der Waals surface area contributed by atoms with Crippen molar-refractivity contribution in [3.05, 3.63) is 76.9 Å². The van der Waals surface area contributed by atoms with Crippen LogP contribution in [-0.4, -0.2) is 59.5 Å². The summed E-state index contributed by atoms with van der Waals surface area (Å²) in [5.74, 6) is -0.480. The Labute approximate surface area is 175 Å². The van der Waals surface area contributed by atoms with E-state index in [0.717, 1.165) is 42.8 Å². The van der Waals surface area contributed by atoms with Crippen LogP contribution in [0, 0.1) is 12.7 Å². The normalized spacial score (nSPS) is 15.1. The van der Waals surface area contributed by atoms with Gasteiger partial charge in [0.2, 0.25) is 5.78 Å². The summed E-state index contributed by atoms with van der Waals surface area (Å²) in [7, 11) is 2.11. The fraction of sp³-hybridized carbons (Fsp3) is 0.273. The molecule has 0 aliphatic carbocycles. The van der Waals surface area contributed by atoms with Crippen LogP contribution in [0.4, 0.5) is 4.39 Å². The van der Waals surface area contributed by atoms with E-state index >= 15 is 0 Å². The molecular formula is C22H24ClFN4O. The maximum Gasteiger partial charge on any atom is 0.210 e. The number of hydrazone groups is 1. The predicted molar refractivity (Wildman–Crippen MR) is 116 cm³/mol. The largest absolute Gasteiger partial charge is 0.313 e. The number of fused-ring (bicyclic) bond motifs is 1. The smallest absolute Gasteiger partial charge is 0.210 e. The van der Waals surface area contributed by atoms with E-state index in [1.165, 1.54) is 24.3 Å². The standard InChI is InChI=1S/C22H23FN4O.ClH/c1-16-19(15-24-26-13-11-25(2)12-14-26)20-5-3-4-10-27(20)21(16)22(28)17-6-8-18(23)9-7-17;/h3-10,15H,11-14H2,1-2H3;1H/b24-15+;. The number of carbonyl (C=O) groups excluding carboxylic acids is 1. The van der Waals surface area contributed by atoms with Gasteiger partial charge in [-0.05, 0) is 55.9 Å². The fourth-order valence-corrected chi connectivity index (χ4v) is 3.59. The van der Waals surface area contributed by atoms with Crippen molar-refractivity contribution in [2.75, 3.05) is 33.2 Å². The van der Waals surface area contributed by atoms with E-state index in [2.05, 4.69) is 22.1 Å². The molecule has 0 atom stereocenters. The average molecular weight is 415 g/mol. The number of likely N-dealkylation sites (N-methyl/N-ethyl adjacent to an activating group) is 1. The lowest BCUT2D eigenvalue weighted by molar-refractivity contribution is 0.103. The average Bonchev–Trinajstić information content (AvgIpc) is 2.99. The minimum absolute atomic E-state index is 0. The summed E-state index contributed by atoms with van der Waals surface area (Å²) in [6.07, 6.45) is 3.74. The zero-order chi connectivity index (χ0) is 19.7. The van der Waals surface area contributed by atoms with Gasteiger partial charge in [-0.25, -0.2) is 4.39 Å². The first-order valence-electron chi connectivity index (χ1n) is 9.42. The maximum atomic E-state index is 13.2. The summed E-state index contributed by atoms with van der Waals surface area (Å²) in [5.41, 5.74) is 3.80. The van der Waals surface area contributed by atoms with Crippen LogP contribution < -0.4 is 0 Å². The Morgan fingerprint density at radius 2 is 1.76 bits per heavy atom. The first kappa shape index (κ1) is 21.0. The molecule has 3 heterocycles. The predicted octanol–water partition coefficient (Wildman–Crippen LogP) is 3.62. The van der Waals surface area contributed by atoms with Crippen molar-refractivity contribution in [2.24, 2.45) is 5.10 Å². The van der Waals surface area contributed by atoms with Gasteiger partial charge in [-0.15, -0.1) is 12.4 Å². The Morgan fingerprint density at radius 3 is 2.45 bits per heavy atom. The third-order valence-corrected chi connectivity index (χ3v) is 5.29. The number of piperazine rings is 1. The molecule has 4 rings (SSSR count). The van der Waals surface area contributed by atoms with Gasteiger partial charge < -0.3 is 9.30 Å². The van der Waals surface area contributed by atoms with Crippen molar-refractivity contribution in [1.29, 1.82) is 0 Å². The monoisotopic (exact) mass is 414 g/mol. The van der Waals surface area contributed by atoms with Gasteiger partial charge in [0.1, 0.15) is 5.82 Å². The molecule has 152 valence electrons. The molecule has 0 saturated carbocycles. The van der Waals surface area contributed by atoms with Gasteiger partial charge in [0.15, 0.2) is 0 Å². The first-order valence-corrected chi connectivity index (χ1v) is 9.42. The number of hydrogen-bond acceptors (Lipinski definition) is 4. The van der Waals surface area contributed by atoms with E-state index in [-0.39, 0.29) is 24.0 Å². The highest BCUT2D eigenvalue weighted by molar-refractivity contribution is 6.11. The number of benzene rings is 1. The highest BCUT2D eigenvalue weighted by atomic mass is 35.5. The molecule has 1 aromatic carbocycles. The maximum absolute atomic E-state index is 13.2. The van der Waals surface area contributed by atoms with E-state index in [1.807, 2.05) is 41.9 Å². The number of pyridine rings is 1. The zero-order valence-electron chi connectivity index (χ0n) is 16.5. The number of rotatable bonds is 4. The summed E-state index contributed by atoms with van der Waals surface area (Å²) in [6.45, 7) is 5.69. The summed E-state index contributed by atoms with van der Waals surface area (Å²) >= 11 is 0. The highest BCUT2D eigenvalue weighted by Crippen LogP contribution is 2.24. The number of halogens is 2. The van der Waals surface area contributed by atoms with Crippen LogP contribution in [0.2, 0.25) is 0 Å². The lowest BCUT2D eigenvalue weighted by Gasteiger charge is -2.30. The van der Waals surface area contributed by atoms with E-state index in [4.69, 9.17) is 0 Å². The molecule has 1 saturated heterocycles. The van der Waals surface area contributed by atoms with Crippen molar-refractivity contribution in [3.8, 4) is 0 Å². The van der Waals surface area contributed by atoms with E-state index in [9.17, 15) is 9.18 Å². The van der Waals surface area contributed by atoms with Gasteiger partial charge >= 0.3 is 0 Å². The van der Waals surface area contributed by atoms with Gasteiger partial charge in [-0.2, -0.15) is 5.10 Å². The van der Waals surface area contributed by atoms with Crippen LogP contribution in [-0.2, 0) is 0 Å². The summed E-state index contributed by atoms with van der Waals surface area (Å²) in [4.78, 5) is 15.4. The van der Waals surface area contributed by atoms with Crippen LogP contribution in [0.25, 0.3) is 5.52 Å². The minimum Gasteiger partial charge on any atom is -0.313 e. The molecule has 1 aliphatic rings. The van der Waals surface area contributed by atoms with Crippen LogP contribution in [0.1, 0.15) is 27.2 Å². The van der Waals surface area contributed by atoms with E-state index in [1.54, 1.807) is 0 Å². The molecule has 0 bridgehead atoms. The summed E-state index contributed by atoms with van der Waals surface area (Å²) in [5, 5.41) is 6.73. The Balaban J connectivity index is 0.00000240. The Morgan fingerprint density at radius 1 is 1.07 bits per heavy atom. The van der Waals surface area contributed by atoms with Gasteiger partial charge in [0.05, 0.1) is 17.4 Å². The van der Waals surface area contributed by atoms with Gasteiger partial charge in [0.25, 0.3) is 0 Å². The van der Waals surface area contributed by atoms with E-state index < -0.39 is 0 Å². The molecule has 1 aliphatic heterocycles. The molecule has 0 spiro atoms. The molecule has 0 N–H and O–H groups in total. The highest BCUT2D eigenvalue weighted by Gasteiger charge is 2.21. The van der Waals surface area contributed by atoms with Crippen molar-refractivity contribution < 1.29 is 9.18 Å². The van der Waals surface area contributed by atoms with Crippen LogP contribution in [0.5, 0.6) is 0 Å². The molecule has 7 heteroatoms. The molecule has 3 aromatic rings. The molecule has 1 fully saturated rings. The van der Waals surface area contributed by atoms with Crippen molar-refractivity contribution in [3.63, 3.8) is 0 Å². The fourth-order valence-electron chi connectivity index (χ4n) is 3.59. The third kappa shape index (κ3) is 4.18. The SMILES string of the molecule is Cc1c(/C=N/N2CCN(C)CC2)c2ccccn2c1C(=O)c1ccc(F)cc1.Cl. The third-order valence-electron chi connectivity index (χ3n) is 5.29.